The zero-order valence-electron chi connectivity index (χ0n) is 20.3. The first-order chi connectivity index (χ1) is 16.3. The molecule has 0 amide bonds. The summed E-state index contributed by atoms with van der Waals surface area (Å²) in [6.45, 7) is 7.74. The van der Waals surface area contributed by atoms with Crippen molar-refractivity contribution in [3.8, 4) is 0 Å². The first-order valence-electron chi connectivity index (χ1n) is 12.7. The van der Waals surface area contributed by atoms with Gasteiger partial charge in [0.1, 0.15) is 11.9 Å². The third-order valence-electron chi connectivity index (χ3n) is 9.19. The molecule has 4 bridgehead atoms. The summed E-state index contributed by atoms with van der Waals surface area (Å²) in [6.07, 6.45) is 2.26. The van der Waals surface area contributed by atoms with Gasteiger partial charge in [0.05, 0.1) is 31.5 Å². The summed E-state index contributed by atoms with van der Waals surface area (Å²) in [5, 5.41) is 12.2. The zero-order chi connectivity index (χ0) is 23.8. The number of rotatable bonds is 7. The summed E-state index contributed by atoms with van der Waals surface area (Å²) in [5.74, 6) is -1.58. The summed E-state index contributed by atoms with van der Waals surface area (Å²) >= 11 is 0. The molecule has 7 heteroatoms. The van der Waals surface area contributed by atoms with Crippen LogP contribution >= 0.6 is 0 Å². The molecular formula is C27H36O7. The molecule has 0 radical (unpaired) electrons. The number of benzene rings is 1. The van der Waals surface area contributed by atoms with Crippen LogP contribution in [0.25, 0.3) is 0 Å². The lowest BCUT2D eigenvalue weighted by atomic mass is 9.48. The molecule has 0 aromatic heterocycles. The fourth-order valence-corrected chi connectivity index (χ4v) is 8.48. The SMILES string of the molecule is CCOC1C[C@@]2(CO1)C[C@]1(O)C[C@H]3[C@@H](C=O)[C@H](COCc4ccccc4)[C@@H]1[C@@]21OC(C)(C)O[C@H]31. The van der Waals surface area contributed by atoms with Crippen LogP contribution in [0.4, 0.5) is 0 Å². The van der Waals surface area contributed by atoms with Crippen LogP contribution in [0.3, 0.4) is 0 Å². The average molecular weight is 473 g/mol. The summed E-state index contributed by atoms with van der Waals surface area (Å²) < 4.78 is 31.6. The van der Waals surface area contributed by atoms with E-state index in [4.69, 9.17) is 23.7 Å². The monoisotopic (exact) mass is 472 g/mol. The second-order valence-electron chi connectivity index (χ2n) is 11.5. The van der Waals surface area contributed by atoms with Crippen molar-refractivity contribution in [1.82, 2.24) is 0 Å². The highest BCUT2D eigenvalue weighted by Gasteiger charge is 2.85. The van der Waals surface area contributed by atoms with Crippen LogP contribution in [-0.2, 0) is 35.1 Å². The lowest BCUT2D eigenvalue weighted by Crippen LogP contribution is -2.71. The topological polar surface area (TPSA) is 83.5 Å². The van der Waals surface area contributed by atoms with E-state index in [1.54, 1.807) is 0 Å². The average Bonchev–Trinajstić information content (AvgIpc) is 3.38. The van der Waals surface area contributed by atoms with E-state index in [-0.39, 0.29) is 36.1 Å². The molecule has 1 N–H and O–H groups in total. The zero-order valence-corrected chi connectivity index (χ0v) is 20.3. The van der Waals surface area contributed by atoms with Gasteiger partial charge in [-0.3, -0.25) is 0 Å². The van der Waals surface area contributed by atoms with Gasteiger partial charge in [0, 0.05) is 42.1 Å². The summed E-state index contributed by atoms with van der Waals surface area (Å²) in [5.41, 5.74) is -1.02. The Labute approximate surface area is 201 Å². The van der Waals surface area contributed by atoms with Crippen molar-refractivity contribution in [2.45, 2.75) is 76.0 Å². The van der Waals surface area contributed by atoms with E-state index in [1.807, 2.05) is 51.1 Å². The minimum Gasteiger partial charge on any atom is -0.389 e. The van der Waals surface area contributed by atoms with Gasteiger partial charge in [-0.2, -0.15) is 0 Å². The Morgan fingerprint density at radius 1 is 1.21 bits per heavy atom. The minimum absolute atomic E-state index is 0.120. The van der Waals surface area contributed by atoms with E-state index < -0.39 is 22.4 Å². The lowest BCUT2D eigenvalue weighted by Gasteiger charge is -2.61. The van der Waals surface area contributed by atoms with Crippen molar-refractivity contribution in [2.75, 3.05) is 19.8 Å². The van der Waals surface area contributed by atoms with Crippen LogP contribution in [0.5, 0.6) is 0 Å². The number of carbonyl (C=O) groups is 1. The predicted octanol–water partition coefficient (Wildman–Crippen LogP) is 3.08. The Balaban J connectivity index is 1.37. The normalized spacial score (nSPS) is 47.9. The second-order valence-corrected chi connectivity index (χ2v) is 11.5. The summed E-state index contributed by atoms with van der Waals surface area (Å²) in [6, 6.07) is 10.0. The van der Waals surface area contributed by atoms with Crippen LogP contribution in [0.2, 0.25) is 0 Å². The molecule has 4 saturated carbocycles. The van der Waals surface area contributed by atoms with Gasteiger partial charge in [-0.1, -0.05) is 30.3 Å². The smallest absolute Gasteiger partial charge is 0.164 e. The van der Waals surface area contributed by atoms with Gasteiger partial charge in [-0.15, -0.1) is 0 Å². The van der Waals surface area contributed by atoms with Gasteiger partial charge >= 0.3 is 0 Å². The minimum atomic E-state index is -0.949. The molecule has 1 aromatic carbocycles. The summed E-state index contributed by atoms with van der Waals surface area (Å²) in [4.78, 5) is 12.5. The van der Waals surface area contributed by atoms with E-state index in [0.29, 0.717) is 45.7 Å². The quantitative estimate of drug-likeness (QED) is 0.611. The maximum atomic E-state index is 12.5. The van der Waals surface area contributed by atoms with E-state index in [2.05, 4.69) is 0 Å². The molecule has 2 spiro atoms. The van der Waals surface area contributed by atoms with Crippen molar-refractivity contribution < 1.29 is 33.6 Å². The molecule has 2 aliphatic heterocycles. The Morgan fingerprint density at radius 3 is 2.74 bits per heavy atom. The van der Waals surface area contributed by atoms with Crippen molar-refractivity contribution in [3.63, 3.8) is 0 Å². The fourth-order valence-electron chi connectivity index (χ4n) is 8.48. The molecular weight excluding hydrogens is 436 g/mol. The molecule has 34 heavy (non-hydrogen) atoms. The summed E-state index contributed by atoms with van der Waals surface area (Å²) in [7, 11) is 0. The molecule has 7 nitrogen and oxygen atoms in total. The standard InChI is InChI=1S/C27H36O7/c1-4-31-21-11-25(16-32-21)15-26(29)10-18-19(12-28)20(14-30-13-17-8-6-5-7-9-17)22(26)27(25)23(18)33-24(2,3)34-27/h5-9,12,18-23,29H,4,10-11,13-16H2,1-3H3/t18-,19+,20-,21?,22-,23+,25-,26+,27-/m0/s1. The Hall–Kier alpha value is -1.35. The van der Waals surface area contributed by atoms with Crippen LogP contribution in [0.15, 0.2) is 30.3 Å². The number of carbonyl (C=O) groups excluding carboxylic acids is 1. The third kappa shape index (κ3) is 3.07. The number of fused-ring (bicyclic) bond motifs is 1. The van der Waals surface area contributed by atoms with E-state index in [1.165, 1.54) is 0 Å². The molecule has 4 aliphatic carbocycles. The van der Waals surface area contributed by atoms with Gasteiger partial charge in [0.25, 0.3) is 0 Å². The first kappa shape index (κ1) is 23.1. The van der Waals surface area contributed by atoms with Gasteiger partial charge in [-0.25, -0.2) is 0 Å². The highest BCUT2D eigenvalue weighted by Crippen LogP contribution is 2.76. The number of aliphatic hydroxyl groups is 1. The molecule has 2 saturated heterocycles. The fraction of sp³-hybridized carbons (Fsp3) is 0.741. The van der Waals surface area contributed by atoms with Crippen LogP contribution in [-0.4, -0.2) is 60.6 Å². The maximum absolute atomic E-state index is 12.5. The van der Waals surface area contributed by atoms with Crippen LogP contribution < -0.4 is 0 Å². The first-order valence-corrected chi connectivity index (χ1v) is 12.7. The Bertz CT molecular complexity index is 936. The largest absolute Gasteiger partial charge is 0.389 e. The molecule has 1 unspecified atom stereocenters. The number of aldehydes is 1. The van der Waals surface area contributed by atoms with E-state index in [9.17, 15) is 9.90 Å². The number of ether oxygens (including phenoxy) is 5. The highest BCUT2D eigenvalue weighted by atomic mass is 16.8. The van der Waals surface area contributed by atoms with Gasteiger partial charge in [0.15, 0.2) is 12.1 Å². The van der Waals surface area contributed by atoms with Crippen molar-refractivity contribution in [2.24, 2.45) is 29.1 Å². The molecule has 2 heterocycles. The Kier molecular flexibility index (Phi) is 5.31. The highest BCUT2D eigenvalue weighted by molar-refractivity contribution is 5.58. The van der Waals surface area contributed by atoms with E-state index >= 15 is 0 Å². The third-order valence-corrected chi connectivity index (χ3v) is 9.19. The predicted molar refractivity (Wildman–Crippen MR) is 121 cm³/mol. The molecule has 7 rings (SSSR count). The molecule has 186 valence electrons. The van der Waals surface area contributed by atoms with Crippen LogP contribution in [0, 0.1) is 29.1 Å². The molecule has 6 aliphatic rings. The Morgan fingerprint density at radius 2 is 2.00 bits per heavy atom. The molecule has 9 atom stereocenters. The van der Waals surface area contributed by atoms with E-state index in [0.717, 1.165) is 11.8 Å². The second kappa shape index (κ2) is 7.82. The lowest BCUT2D eigenvalue weighted by molar-refractivity contribution is -0.248. The van der Waals surface area contributed by atoms with Gasteiger partial charge in [-0.05, 0) is 39.2 Å². The van der Waals surface area contributed by atoms with Crippen molar-refractivity contribution in [3.05, 3.63) is 35.9 Å². The van der Waals surface area contributed by atoms with Crippen LogP contribution in [0.1, 0.15) is 45.6 Å². The molecule has 1 aromatic rings. The van der Waals surface area contributed by atoms with Crippen molar-refractivity contribution in [1.29, 1.82) is 0 Å². The number of hydrogen-bond donors (Lipinski definition) is 1. The van der Waals surface area contributed by atoms with Gasteiger partial charge < -0.3 is 33.6 Å². The molecule has 6 fully saturated rings. The van der Waals surface area contributed by atoms with Crippen molar-refractivity contribution >= 4 is 6.29 Å². The number of hydrogen-bond acceptors (Lipinski definition) is 7. The maximum Gasteiger partial charge on any atom is 0.164 e. The van der Waals surface area contributed by atoms with Gasteiger partial charge in [0.2, 0.25) is 0 Å².